The molecule has 1 aromatic rings. The molecule has 7 nitrogen and oxygen atoms in total. The van der Waals surface area contributed by atoms with Gasteiger partial charge in [-0.2, -0.15) is 4.37 Å². The first kappa shape index (κ1) is 15.2. The standard InChI is InChI=1S/C9H18N4O3S2/c1-6(14)5-13(4)9-7(8(10)11-17-9)18(15,16)12(2)3/h6,14H,5H2,1-4H3,(H2,10,11). The molecule has 0 aromatic carbocycles. The Kier molecular flexibility index (Phi) is 4.54. The second kappa shape index (κ2) is 5.39. The van der Waals surface area contributed by atoms with Crippen LogP contribution in [0.2, 0.25) is 0 Å². The Balaban J connectivity index is 3.26. The van der Waals surface area contributed by atoms with E-state index in [2.05, 4.69) is 4.37 Å². The van der Waals surface area contributed by atoms with E-state index in [9.17, 15) is 13.5 Å². The van der Waals surface area contributed by atoms with E-state index in [4.69, 9.17) is 5.73 Å². The number of hydrogen-bond acceptors (Lipinski definition) is 7. The maximum Gasteiger partial charge on any atom is 0.249 e. The van der Waals surface area contributed by atoms with Crippen LogP contribution in [0.5, 0.6) is 0 Å². The Hall–Kier alpha value is -0.900. The van der Waals surface area contributed by atoms with Gasteiger partial charge < -0.3 is 15.7 Å². The number of likely N-dealkylation sites (N-methyl/N-ethyl adjacent to an activating group) is 1. The van der Waals surface area contributed by atoms with E-state index >= 15 is 0 Å². The highest BCUT2D eigenvalue weighted by atomic mass is 32.2. The largest absolute Gasteiger partial charge is 0.392 e. The van der Waals surface area contributed by atoms with Gasteiger partial charge in [0, 0.05) is 27.7 Å². The quantitative estimate of drug-likeness (QED) is 0.779. The first-order valence-corrected chi connectivity index (χ1v) is 7.46. The van der Waals surface area contributed by atoms with Crippen molar-refractivity contribution in [2.45, 2.75) is 17.9 Å². The molecule has 0 fully saturated rings. The van der Waals surface area contributed by atoms with E-state index in [-0.39, 0.29) is 10.7 Å². The molecule has 0 saturated heterocycles. The van der Waals surface area contributed by atoms with E-state index in [0.717, 1.165) is 15.8 Å². The second-order valence-electron chi connectivity index (χ2n) is 4.22. The fourth-order valence-electron chi connectivity index (χ4n) is 1.43. The summed E-state index contributed by atoms with van der Waals surface area (Å²) >= 11 is 1.00. The van der Waals surface area contributed by atoms with E-state index < -0.39 is 16.1 Å². The maximum atomic E-state index is 12.1. The van der Waals surface area contributed by atoms with Crippen molar-refractivity contribution >= 4 is 32.4 Å². The molecule has 0 spiro atoms. The van der Waals surface area contributed by atoms with Gasteiger partial charge >= 0.3 is 0 Å². The summed E-state index contributed by atoms with van der Waals surface area (Å²) in [6, 6.07) is 0. The predicted molar refractivity (Wildman–Crippen MR) is 72.4 cm³/mol. The van der Waals surface area contributed by atoms with Crippen molar-refractivity contribution in [2.24, 2.45) is 0 Å². The van der Waals surface area contributed by atoms with E-state index in [1.54, 1.807) is 18.9 Å². The van der Waals surface area contributed by atoms with Crippen molar-refractivity contribution in [2.75, 3.05) is 38.3 Å². The Morgan fingerprint density at radius 1 is 1.44 bits per heavy atom. The topological polar surface area (TPSA) is 99.8 Å². The molecular formula is C9H18N4O3S2. The van der Waals surface area contributed by atoms with Crippen molar-refractivity contribution in [1.29, 1.82) is 0 Å². The van der Waals surface area contributed by atoms with Crippen LogP contribution in [0.4, 0.5) is 10.8 Å². The first-order valence-electron chi connectivity index (χ1n) is 5.24. The van der Waals surface area contributed by atoms with Crippen molar-refractivity contribution < 1.29 is 13.5 Å². The minimum atomic E-state index is -3.64. The van der Waals surface area contributed by atoms with Crippen LogP contribution in [0.15, 0.2) is 4.90 Å². The number of nitrogens with two attached hydrogens (primary N) is 1. The molecule has 0 bridgehead atoms. The fraction of sp³-hybridized carbons (Fsp3) is 0.667. The normalized spacial score (nSPS) is 13.9. The van der Waals surface area contributed by atoms with E-state index in [0.29, 0.717) is 11.5 Å². The third-order valence-electron chi connectivity index (χ3n) is 2.28. The van der Waals surface area contributed by atoms with E-state index in [1.165, 1.54) is 14.1 Å². The third kappa shape index (κ3) is 2.91. The summed E-state index contributed by atoms with van der Waals surface area (Å²) in [5.41, 5.74) is 5.64. The lowest BCUT2D eigenvalue weighted by Gasteiger charge is -2.21. The van der Waals surface area contributed by atoms with Gasteiger partial charge in [0.2, 0.25) is 10.0 Å². The summed E-state index contributed by atoms with van der Waals surface area (Å²) in [4.78, 5) is 1.63. The lowest BCUT2D eigenvalue weighted by atomic mass is 10.4. The number of anilines is 2. The summed E-state index contributed by atoms with van der Waals surface area (Å²) in [5.74, 6) is -0.0128. The molecule has 0 aliphatic heterocycles. The highest BCUT2D eigenvalue weighted by molar-refractivity contribution is 7.89. The van der Waals surface area contributed by atoms with Gasteiger partial charge in [0.25, 0.3) is 0 Å². The van der Waals surface area contributed by atoms with Crippen LogP contribution in [0.1, 0.15) is 6.92 Å². The highest BCUT2D eigenvalue weighted by Crippen LogP contribution is 2.35. The lowest BCUT2D eigenvalue weighted by molar-refractivity contribution is 0.201. The number of aliphatic hydroxyl groups is 1. The number of sulfonamides is 1. The summed E-state index contributed by atoms with van der Waals surface area (Å²) in [6.45, 7) is 1.93. The fourth-order valence-corrected chi connectivity index (χ4v) is 3.65. The van der Waals surface area contributed by atoms with Gasteiger partial charge in [0.1, 0.15) is 5.00 Å². The summed E-state index contributed by atoms with van der Waals surface area (Å²) < 4.78 is 29.3. The molecule has 104 valence electrons. The van der Waals surface area contributed by atoms with Crippen molar-refractivity contribution in [3.05, 3.63) is 0 Å². The molecule has 1 unspecified atom stereocenters. The van der Waals surface area contributed by atoms with Crippen LogP contribution >= 0.6 is 11.5 Å². The molecule has 0 aliphatic carbocycles. The lowest BCUT2D eigenvalue weighted by Crippen LogP contribution is -2.29. The number of aromatic nitrogens is 1. The molecule has 0 saturated carbocycles. The summed E-state index contributed by atoms with van der Waals surface area (Å²) in [7, 11) is 0.917. The molecule has 0 radical (unpaired) electrons. The maximum absolute atomic E-state index is 12.1. The summed E-state index contributed by atoms with van der Waals surface area (Å²) in [6.07, 6.45) is -0.576. The van der Waals surface area contributed by atoms with Gasteiger partial charge in [-0.1, -0.05) is 0 Å². The van der Waals surface area contributed by atoms with Crippen molar-refractivity contribution in [3.8, 4) is 0 Å². The minimum Gasteiger partial charge on any atom is -0.392 e. The van der Waals surface area contributed by atoms with Crippen LogP contribution in [-0.2, 0) is 10.0 Å². The first-order chi connectivity index (χ1) is 8.17. The van der Waals surface area contributed by atoms with Gasteiger partial charge in [-0.25, -0.2) is 12.7 Å². The van der Waals surface area contributed by atoms with Crippen molar-refractivity contribution in [1.82, 2.24) is 8.68 Å². The van der Waals surface area contributed by atoms with Crippen LogP contribution in [0.3, 0.4) is 0 Å². The van der Waals surface area contributed by atoms with Crippen LogP contribution < -0.4 is 10.6 Å². The van der Waals surface area contributed by atoms with Gasteiger partial charge in [-0.15, -0.1) is 0 Å². The highest BCUT2D eigenvalue weighted by Gasteiger charge is 2.29. The second-order valence-corrected chi connectivity index (χ2v) is 7.06. The SMILES string of the molecule is CC(O)CN(C)c1snc(N)c1S(=O)(=O)N(C)C. The third-order valence-corrected chi connectivity index (χ3v) is 5.27. The van der Waals surface area contributed by atoms with Crippen LogP contribution in [0, 0.1) is 0 Å². The predicted octanol–water partition coefficient (Wildman–Crippen LogP) is -0.207. The van der Waals surface area contributed by atoms with Crippen LogP contribution in [-0.4, -0.2) is 56.0 Å². The monoisotopic (exact) mass is 294 g/mol. The smallest absolute Gasteiger partial charge is 0.249 e. The Morgan fingerprint density at radius 2 is 2.00 bits per heavy atom. The number of nitrogens with zero attached hydrogens (tertiary/aromatic N) is 3. The zero-order chi connectivity index (χ0) is 14.1. The molecule has 0 aliphatic rings. The Morgan fingerprint density at radius 3 is 2.44 bits per heavy atom. The Bertz CT molecular complexity index is 510. The molecule has 9 heteroatoms. The molecule has 0 amide bonds. The van der Waals surface area contributed by atoms with E-state index in [1.807, 2.05) is 0 Å². The zero-order valence-corrected chi connectivity index (χ0v) is 12.4. The van der Waals surface area contributed by atoms with Crippen LogP contribution in [0.25, 0.3) is 0 Å². The molecule has 1 rings (SSSR count). The van der Waals surface area contributed by atoms with Gasteiger partial charge in [0.05, 0.1) is 6.10 Å². The number of hydrogen-bond donors (Lipinski definition) is 2. The Labute approximate surface area is 111 Å². The average molecular weight is 294 g/mol. The molecule has 1 heterocycles. The number of nitrogen functional groups attached to an aromatic ring is 1. The van der Waals surface area contributed by atoms with Gasteiger partial charge in [-0.3, -0.25) is 0 Å². The molecule has 3 N–H and O–H groups in total. The molecule has 1 atom stereocenters. The molecule has 18 heavy (non-hydrogen) atoms. The van der Waals surface area contributed by atoms with Crippen molar-refractivity contribution in [3.63, 3.8) is 0 Å². The van der Waals surface area contributed by atoms with Gasteiger partial charge in [0.15, 0.2) is 10.7 Å². The zero-order valence-electron chi connectivity index (χ0n) is 10.8. The summed E-state index contributed by atoms with van der Waals surface area (Å²) in [5, 5.41) is 9.78. The van der Waals surface area contributed by atoms with Gasteiger partial charge in [-0.05, 0) is 18.5 Å². The molecular weight excluding hydrogens is 276 g/mol. The number of rotatable bonds is 5. The number of aliphatic hydroxyl groups excluding tert-OH is 1. The minimum absolute atomic E-state index is 0.000602. The average Bonchev–Trinajstić information content (AvgIpc) is 2.59. The molecule has 1 aromatic heterocycles.